The number of amides is 1. The second-order valence-electron chi connectivity index (χ2n) is 5.64. The highest BCUT2D eigenvalue weighted by Gasteiger charge is 2.22. The molecule has 6 nitrogen and oxygen atoms in total. The zero-order valence-electron chi connectivity index (χ0n) is 13.7. The fourth-order valence-electron chi connectivity index (χ4n) is 2.04. The standard InChI is InChI=1S/C16H23N5O.ClH/c1-4-16(17,5-2)11-18-15(22)14-10-21(20-19-14)13-8-6-12(3)7-9-13;/h6-10H,4-5,11,17H2,1-3H3,(H,18,22);1H. The van der Waals surface area contributed by atoms with Gasteiger partial charge in [0.1, 0.15) is 0 Å². The highest BCUT2D eigenvalue weighted by Crippen LogP contribution is 2.11. The van der Waals surface area contributed by atoms with Gasteiger partial charge >= 0.3 is 0 Å². The van der Waals surface area contributed by atoms with E-state index in [4.69, 9.17) is 5.73 Å². The van der Waals surface area contributed by atoms with E-state index >= 15 is 0 Å². The van der Waals surface area contributed by atoms with Crippen LogP contribution in [0.2, 0.25) is 0 Å². The summed E-state index contributed by atoms with van der Waals surface area (Å²) >= 11 is 0. The Balaban J connectivity index is 0.00000264. The van der Waals surface area contributed by atoms with Gasteiger partial charge in [-0.2, -0.15) is 0 Å². The van der Waals surface area contributed by atoms with Gasteiger partial charge < -0.3 is 11.1 Å². The van der Waals surface area contributed by atoms with Crippen molar-refractivity contribution in [3.8, 4) is 5.69 Å². The minimum Gasteiger partial charge on any atom is -0.349 e. The molecular weight excluding hydrogens is 314 g/mol. The smallest absolute Gasteiger partial charge is 0.273 e. The van der Waals surface area contributed by atoms with E-state index in [0.29, 0.717) is 6.54 Å². The van der Waals surface area contributed by atoms with Crippen LogP contribution < -0.4 is 11.1 Å². The molecule has 0 spiro atoms. The van der Waals surface area contributed by atoms with Crippen LogP contribution in [0.3, 0.4) is 0 Å². The molecule has 0 aliphatic heterocycles. The molecule has 0 radical (unpaired) electrons. The van der Waals surface area contributed by atoms with E-state index in [9.17, 15) is 4.79 Å². The molecule has 7 heteroatoms. The van der Waals surface area contributed by atoms with E-state index in [1.807, 2.05) is 45.0 Å². The van der Waals surface area contributed by atoms with E-state index < -0.39 is 0 Å². The summed E-state index contributed by atoms with van der Waals surface area (Å²) in [6.07, 6.45) is 3.23. The summed E-state index contributed by atoms with van der Waals surface area (Å²) in [4.78, 5) is 12.1. The predicted molar refractivity (Wildman–Crippen MR) is 93.2 cm³/mol. The minimum atomic E-state index is -0.372. The van der Waals surface area contributed by atoms with Gasteiger partial charge in [-0.3, -0.25) is 4.79 Å². The normalized spacial score (nSPS) is 11.0. The van der Waals surface area contributed by atoms with Crippen LogP contribution in [0.5, 0.6) is 0 Å². The molecule has 0 saturated heterocycles. The first-order chi connectivity index (χ1) is 10.5. The van der Waals surface area contributed by atoms with Crippen LogP contribution in [0.4, 0.5) is 0 Å². The van der Waals surface area contributed by atoms with Crippen LogP contribution in [0.1, 0.15) is 42.7 Å². The summed E-state index contributed by atoms with van der Waals surface area (Å²) in [5.41, 5.74) is 8.13. The molecule has 0 aliphatic carbocycles. The molecule has 0 unspecified atom stereocenters. The molecule has 126 valence electrons. The molecule has 1 heterocycles. The van der Waals surface area contributed by atoms with Crippen molar-refractivity contribution in [3.05, 3.63) is 41.7 Å². The lowest BCUT2D eigenvalue weighted by molar-refractivity contribution is 0.0937. The van der Waals surface area contributed by atoms with E-state index in [-0.39, 0.29) is 29.5 Å². The molecule has 0 bridgehead atoms. The fraction of sp³-hybridized carbons (Fsp3) is 0.438. The largest absolute Gasteiger partial charge is 0.349 e. The van der Waals surface area contributed by atoms with E-state index in [1.54, 1.807) is 10.9 Å². The SMILES string of the molecule is CCC(N)(CC)CNC(=O)c1cn(-c2ccc(C)cc2)nn1.Cl. The van der Waals surface area contributed by atoms with E-state index in [2.05, 4.69) is 15.6 Å². The van der Waals surface area contributed by atoms with Crippen LogP contribution in [0.25, 0.3) is 5.69 Å². The Kier molecular flexibility index (Phi) is 6.72. The minimum absolute atomic E-state index is 0. The zero-order valence-corrected chi connectivity index (χ0v) is 14.6. The third-order valence-electron chi connectivity index (χ3n) is 4.03. The quantitative estimate of drug-likeness (QED) is 0.846. The van der Waals surface area contributed by atoms with Crippen molar-refractivity contribution in [2.24, 2.45) is 5.73 Å². The number of aromatic nitrogens is 3. The van der Waals surface area contributed by atoms with Gasteiger partial charge in [-0.15, -0.1) is 17.5 Å². The molecule has 1 amide bonds. The number of hydrogen-bond donors (Lipinski definition) is 2. The summed E-state index contributed by atoms with van der Waals surface area (Å²) in [6, 6.07) is 7.85. The van der Waals surface area contributed by atoms with Gasteiger partial charge in [0.25, 0.3) is 5.91 Å². The summed E-state index contributed by atoms with van der Waals surface area (Å²) in [6.45, 7) is 6.48. The number of nitrogens with zero attached hydrogens (tertiary/aromatic N) is 3. The number of carbonyl (C=O) groups excluding carboxylic acids is 1. The molecule has 0 fully saturated rings. The number of benzene rings is 1. The van der Waals surface area contributed by atoms with Gasteiger partial charge in [0.15, 0.2) is 5.69 Å². The van der Waals surface area contributed by atoms with Crippen LogP contribution in [-0.2, 0) is 0 Å². The van der Waals surface area contributed by atoms with Crippen molar-refractivity contribution >= 4 is 18.3 Å². The second-order valence-corrected chi connectivity index (χ2v) is 5.64. The highest BCUT2D eigenvalue weighted by atomic mass is 35.5. The first-order valence-electron chi connectivity index (χ1n) is 7.54. The first kappa shape index (κ1) is 19.1. The molecule has 2 rings (SSSR count). The summed E-state index contributed by atoms with van der Waals surface area (Å²) in [5.74, 6) is -0.255. The average molecular weight is 338 g/mol. The third kappa shape index (κ3) is 4.77. The van der Waals surface area contributed by atoms with Gasteiger partial charge in [0.05, 0.1) is 11.9 Å². The van der Waals surface area contributed by atoms with Crippen molar-refractivity contribution in [1.82, 2.24) is 20.3 Å². The molecule has 2 aromatic rings. The number of nitrogens with two attached hydrogens (primary N) is 1. The molecule has 0 aliphatic rings. The van der Waals surface area contributed by atoms with Gasteiger partial charge in [0.2, 0.25) is 0 Å². The molecule has 23 heavy (non-hydrogen) atoms. The van der Waals surface area contributed by atoms with Gasteiger partial charge in [-0.05, 0) is 31.9 Å². The zero-order chi connectivity index (χ0) is 16.2. The highest BCUT2D eigenvalue weighted by molar-refractivity contribution is 5.92. The number of carbonyl (C=O) groups is 1. The van der Waals surface area contributed by atoms with Crippen molar-refractivity contribution in [2.75, 3.05) is 6.54 Å². The fourth-order valence-corrected chi connectivity index (χ4v) is 2.04. The maximum absolute atomic E-state index is 12.1. The maximum Gasteiger partial charge on any atom is 0.273 e. The predicted octanol–water partition coefficient (Wildman–Crippen LogP) is 2.24. The summed E-state index contributed by atoms with van der Waals surface area (Å²) in [7, 11) is 0. The monoisotopic (exact) mass is 337 g/mol. The topological polar surface area (TPSA) is 85.8 Å². The Bertz CT molecular complexity index is 634. The van der Waals surface area contributed by atoms with E-state index in [0.717, 1.165) is 18.5 Å². The summed E-state index contributed by atoms with van der Waals surface area (Å²) in [5, 5.41) is 10.8. The Morgan fingerprint density at radius 3 is 2.43 bits per heavy atom. The molecule has 3 N–H and O–H groups in total. The lowest BCUT2D eigenvalue weighted by Gasteiger charge is -2.26. The second kappa shape index (κ2) is 8.08. The Morgan fingerprint density at radius 2 is 1.87 bits per heavy atom. The Labute approximate surface area is 142 Å². The number of hydrogen-bond acceptors (Lipinski definition) is 4. The molecule has 0 saturated carbocycles. The third-order valence-corrected chi connectivity index (χ3v) is 4.03. The van der Waals surface area contributed by atoms with Crippen molar-refractivity contribution in [2.45, 2.75) is 39.2 Å². The molecule has 1 aromatic heterocycles. The van der Waals surface area contributed by atoms with Crippen molar-refractivity contribution < 1.29 is 4.79 Å². The van der Waals surface area contributed by atoms with Gasteiger partial charge in [-0.1, -0.05) is 36.8 Å². The Morgan fingerprint density at radius 1 is 1.26 bits per heavy atom. The van der Waals surface area contributed by atoms with Crippen molar-refractivity contribution in [1.29, 1.82) is 0 Å². The van der Waals surface area contributed by atoms with Gasteiger partial charge in [0, 0.05) is 12.1 Å². The molecule has 1 aromatic carbocycles. The Hall–Kier alpha value is -1.92. The number of nitrogens with one attached hydrogen (secondary N) is 1. The van der Waals surface area contributed by atoms with Crippen LogP contribution in [0.15, 0.2) is 30.5 Å². The van der Waals surface area contributed by atoms with Crippen LogP contribution >= 0.6 is 12.4 Å². The first-order valence-corrected chi connectivity index (χ1v) is 7.54. The van der Waals surface area contributed by atoms with Gasteiger partial charge in [-0.25, -0.2) is 4.68 Å². The van der Waals surface area contributed by atoms with Crippen LogP contribution in [-0.4, -0.2) is 33.0 Å². The summed E-state index contributed by atoms with van der Waals surface area (Å²) < 4.78 is 1.59. The number of aryl methyl sites for hydroxylation is 1. The number of rotatable bonds is 6. The van der Waals surface area contributed by atoms with E-state index in [1.165, 1.54) is 5.56 Å². The lowest BCUT2D eigenvalue weighted by atomic mass is 9.94. The average Bonchev–Trinajstić information content (AvgIpc) is 3.03. The van der Waals surface area contributed by atoms with Crippen LogP contribution in [0, 0.1) is 6.92 Å². The molecular formula is C16H24ClN5O. The number of halogens is 1. The molecule has 0 atom stereocenters. The van der Waals surface area contributed by atoms with Crippen molar-refractivity contribution in [3.63, 3.8) is 0 Å². The lowest BCUT2D eigenvalue weighted by Crippen LogP contribution is -2.49. The maximum atomic E-state index is 12.1.